The predicted molar refractivity (Wildman–Crippen MR) is 114 cm³/mol. The number of nitro groups is 1. The maximum atomic E-state index is 13.0. The number of ether oxygens (including phenoxy) is 2. The zero-order valence-corrected chi connectivity index (χ0v) is 19.1. The number of nitrogens with zero attached hydrogens (tertiary/aromatic N) is 1. The summed E-state index contributed by atoms with van der Waals surface area (Å²) in [6.45, 7) is 4.52. The van der Waals surface area contributed by atoms with Crippen LogP contribution in [0.15, 0.2) is 35.5 Å². The number of aliphatic hydroxyl groups is 1. The molecule has 1 aliphatic rings. The van der Waals surface area contributed by atoms with Crippen LogP contribution in [-0.2, 0) is 19.1 Å². The second-order valence-electron chi connectivity index (χ2n) is 6.71. The number of carbonyl (C=O) groups excluding carboxylic acids is 2. The number of hydrogen-bond acceptors (Lipinski definition) is 8. The van der Waals surface area contributed by atoms with Gasteiger partial charge in [-0.1, -0.05) is 46.9 Å². The lowest BCUT2D eigenvalue weighted by Crippen LogP contribution is -2.66. The molecule has 0 saturated carbocycles. The van der Waals surface area contributed by atoms with Crippen LogP contribution < -0.4 is 5.32 Å². The number of hydrogen-bond donors (Lipinski definition) is 2. The summed E-state index contributed by atoms with van der Waals surface area (Å²) in [5.74, 6) is -4.72. The van der Waals surface area contributed by atoms with E-state index in [4.69, 9.17) is 44.3 Å². The van der Waals surface area contributed by atoms with Crippen molar-refractivity contribution in [2.24, 2.45) is 5.92 Å². The van der Waals surface area contributed by atoms with Gasteiger partial charge in [0.2, 0.25) is 3.79 Å². The van der Waals surface area contributed by atoms with Gasteiger partial charge in [0.15, 0.2) is 5.72 Å². The summed E-state index contributed by atoms with van der Waals surface area (Å²) in [5, 5.41) is 25.2. The smallest absolute Gasteiger partial charge is 0.336 e. The van der Waals surface area contributed by atoms with E-state index in [1.165, 1.54) is 38.1 Å². The first-order valence-corrected chi connectivity index (χ1v) is 10.4. The van der Waals surface area contributed by atoms with Crippen molar-refractivity contribution >= 4 is 52.4 Å². The van der Waals surface area contributed by atoms with E-state index in [0.29, 0.717) is 0 Å². The molecule has 0 aromatic heterocycles. The third kappa shape index (κ3) is 4.90. The highest BCUT2D eigenvalue weighted by Crippen LogP contribution is 2.52. The molecule has 0 aliphatic carbocycles. The lowest BCUT2D eigenvalue weighted by molar-refractivity contribution is -0.384. The molecule has 1 aromatic carbocycles. The number of rotatable bonds is 6. The number of non-ortho nitro benzene ring substituents is 1. The van der Waals surface area contributed by atoms with Gasteiger partial charge in [-0.3, -0.25) is 14.9 Å². The van der Waals surface area contributed by atoms with E-state index in [-0.39, 0.29) is 35.7 Å². The fourth-order valence-corrected chi connectivity index (χ4v) is 4.03. The molecule has 0 fully saturated rings. The van der Waals surface area contributed by atoms with Crippen LogP contribution in [0.2, 0.25) is 0 Å². The minimum Gasteiger partial charge on any atom is -0.466 e. The van der Waals surface area contributed by atoms with E-state index in [1.54, 1.807) is 6.92 Å². The Morgan fingerprint density at radius 1 is 1.26 bits per heavy atom. The summed E-state index contributed by atoms with van der Waals surface area (Å²) >= 11 is 18.1. The maximum absolute atomic E-state index is 13.0. The summed E-state index contributed by atoms with van der Waals surface area (Å²) < 4.78 is 7.77. The number of alkyl halides is 3. The van der Waals surface area contributed by atoms with Crippen molar-refractivity contribution in [3.63, 3.8) is 0 Å². The van der Waals surface area contributed by atoms with Gasteiger partial charge in [0, 0.05) is 23.7 Å². The van der Waals surface area contributed by atoms with Gasteiger partial charge in [0.05, 0.1) is 23.7 Å². The lowest BCUT2D eigenvalue weighted by atomic mass is 9.71. The van der Waals surface area contributed by atoms with Crippen LogP contribution in [0, 0.1) is 16.0 Å². The minimum absolute atomic E-state index is 0.0239. The summed E-state index contributed by atoms with van der Waals surface area (Å²) in [6, 6.07) is 5.25. The van der Waals surface area contributed by atoms with Crippen molar-refractivity contribution in [1.82, 2.24) is 5.32 Å². The standard InChI is InChI=1S/C19H21Cl3N2O7/c1-4-30-16(25)13-10(3)23-18(27,19(20,21)22)15(17(26)31-5-2)14(13)11-7-6-8-12(9-11)24(28)29/h6-9,14-15,23,27H,4-5H2,1-3H3. The first-order chi connectivity index (χ1) is 14.4. The largest absolute Gasteiger partial charge is 0.466 e. The Hall–Kier alpha value is -2.07. The topological polar surface area (TPSA) is 128 Å². The van der Waals surface area contributed by atoms with Gasteiger partial charge in [0.1, 0.15) is 5.92 Å². The Kier molecular flexibility index (Phi) is 7.80. The van der Waals surface area contributed by atoms with Gasteiger partial charge in [-0.15, -0.1) is 0 Å². The van der Waals surface area contributed by atoms with E-state index < -0.39 is 38.2 Å². The molecule has 1 aromatic rings. The fourth-order valence-electron chi connectivity index (χ4n) is 3.54. The zero-order valence-electron chi connectivity index (χ0n) is 16.9. The molecular weight excluding hydrogens is 475 g/mol. The van der Waals surface area contributed by atoms with E-state index in [0.717, 1.165) is 0 Å². The average Bonchev–Trinajstić information content (AvgIpc) is 2.66. The molecule has 0 radical (unpaired) electrons. The molecule has 12 heteroatoms. The van der Waals surface area contributed by atoms with Gasteiger partial charge >= 0.3 is 11.9 Å². The van der Waals surface area contributed by atoms with E-state index in [9.17, 15) is 24.8 Å². The van der Waals surface area contributed by atoms with Crippen molar-refractivity contribution in [3.05, 3.63) is 51.2 Å². The van der Waals surface area contributed by atoms with E-state index in [1.807, 2.05) is 0 Å². The molecule has 0 spiro atoms. The Bertz CT molecular complexity index is 916. The summed E-state index contributed by atoms with van der Waals surface area (Å²) in [7, 11) is 0. The van der Waals surface area contributed by atoms with E-state index in [2.05, 4.69) is 5.32 Å². The number of esters is 2. The molecule has 1 aliphatic heterocycles. The SMILES string of the molecule is CCOC(=O)C1=C(C)NC(O)(C(Cl)(Cl)Cl)C(C(=O)OCC)C1c1cccc([N+](=O)[O-])c1. The van der Waals surface area contributed by atoms with Gasteiger partial charge in [-0.25, -0.2) is 4.79 Å². The Morgan fingerprint density at radius 2 is 1.87 bits per heavy atom. The summed E-state index contributed by atoms with van der Waals surface area (Å²) in [4.78, 5) is 36.5. The van der Waals surface area contributed by atoms with Gasteiger partial charge < -0.3 is 19.9 Å². The second-order valence-corrected chi connectivity index (χ2v) is 8.99. The third-order valence-corrected chi connectivity index (χ3v) is 5.65. The molecule has 31 heavy (non-hydrogen) atoms. The first-order valence-electron chi connectivity index (χ1n) is 9.25. The van der Waals surface area contributed by atoms with Crippen molar-refractivity contribution in [3.8, 4) is 0 Å². The highest BCUT2D eigenvalue weighted by Gasteiger charge is 2.63. The number of halogens is 3. The van der Waals surface area contributed by atoms with Crippen molar-refractivity contribution in [2.75, 3.05) is 13.2 Å². The monoisotopic (exact) mass is 494 g/mol. The summed E-state index contributed by atoms with van der Waals surface area (Å²) in [5.41, 5.74) is -2.64. The molecule has 2 rings (SSSR count). The number of benzene rings is 1. The maximum Gasteiger partial charge on any atom is 0.336 e. The molecule has 1 heterocycles. The van der Waals surface area contributed by atoms with E-state index >= 15 is 0 Å². The fraction of sp³-hybridized carbons (Fsp3) is 0.474. The number of allylic oxidation sites excluding steroid dienone is 1. The molecule has 0 bridgehead atoms. The van der Waals surface area contributed by atoms with Crippen LogP contribution in [0.1, 0.15) is 32.3 Å². The van der Waals surface area contributed by atoms with Crippen molar-refractivity contribution < 1.29 is 29.1 Å². The zero-order chi connectivity index (χ0) is 23.6. The number of nitro benzene ring substituents is 1. The molecule has 3 atom stereocenters. The highest BCUT2D eigenvalue weighted by molar-refractivity contribution is 6.68. The van der Waals surface area contributed by atoms with Gasteiger partial charge in [-0.05, 0) is 26.3 Å². The summed E-state index contributed by atoms with van der Waals surface area (Å²) in [6.07, 6.45) is 0. The number of nitrogens with one attached hydrogen (secondary N) is 1. The lowest BCUT2D eigenvalue weighted by Gasteiger charge is -2.48. The van der Waals surface area contributed by atoms with Crippen molar-refractivity contribution in [1.29, 1.82) is 0 Å². The van der Waals surface area contributed by atoms with Crippen LogP contribution in [0.25, 0.3) is 0 Å². The Labute approximate surface area is 193 Å². The van der Waals surface area contributed by atoms with Gasteiger partial charge in [-0.2, -0.15) is 0 Å². The van der Waals surface area contributed by atoms with Crippen LogP contribution in [-0.4, -0.2) is 44.7 Å². The molecule has 9 nitrogen and oxygen atoms in total. The third-order valence-electron chi connectivity index (χ3n) is 4.78. The average molecular weight is 496 g/mol. The molecular formula is C19H21Cl3N2O7. The Morgan fingerprint density at radius 3 is 2.39 bits per heavy atom. The first kappa shape index (κ1) is 25.2. The van der Waals surface area contributed by atoms with Gasteiger partial charge in [0.25, 0.3) is 5.69 Å². The predicted octanol–water partition coefficient (Wildman–Crippen LogP) is 3.36. The normalized spacial score (nSPS) is 23.7. The molecule has 0 amide bonds. The quantitative estimate of drug-likeness (QED) is 0.266. The minimum atomic E-state index is -2.51. The van der Waals surface area contributed by atoms with Crippen LogP contribution >= 0.6 is 34.8 Å². The van der Waals surface area contributed by atoms with Crippen LogP contribution in [0.4, 0.5) is 5.69 Å². The highest BCUT2D eigenvalue weighted by atomic mass is 35.6. The molecule has 2 N–H and O–H groups in total. The van der Waals surface area contributed by atoms with Crippen LogP contribution in [0.5, 0.6) is 0 Å². The van der Waals surface area contributed by atoms with Crippen molar-refractivity contribution in [2.45, 2.75) is 36.2 Å². The molecule has 170 valence electrons. The molecule has 0 saturated heterocycles. The second kappa shape index (κ2) is 9.60. The number of carbonyl (C=O) groups is 2. The Balaban J connectivity index is 2.86. The van der Waals surface area contributed by atoms with Crippen LogP contribution in [0.3, 0.4) is 0 Å². The molecule has 3 unspecified atom stereocenters.